The zero-order valence-corrected chi connectivity index (χ0v) is 12.4. The minimum Gasteiger partial charge on any atom is -0.409 e. The van der Waals surface area contributed by atoms with Crippen LogP contribution in [-0.2, 0) is 17.6 Å². The number of methoxy groups -OCH3 is 1. The van der Waals surface area contributed by atoms with E-state index in [9.17, 15) is 0 Å². The van der Waals surface area contributed by atoms with Crippen molar-refractivity contribution < 1.29 is 9.94 Å². The van der Waals surface area contributed by atoms with Crippen molar-refractivity contribution in [2.24, 2.45) is 10.9 Å². The summed E-state index contributed by atoms with van der Waals surface area (Å²) in [7, 11) is 1.76. The molecule has 6 heteroatoms. The minimum absolute atomic E-state index is 0.140. The van der Waals surface area contributed by atoms with Gasteiger partial charge in [0.15, 0.2) is 5.84 Å². The third kappa shape index (κ3) is 2.68. The van der Waals surface area contributed by atoms with Crippen molar-refractivity contribution in [2.45, 2.75) is 38.2 Å². The molecule has 0 aromatic carbocycles. The van der Waals surface area contributed by atoms with Crippen molar-refractivity contribution in [1.82, 2.24) is 4.98 Å². The molecule has 2 aliphatic rings. The molecule has 1 fully saturated rings. The maximum Gasteiger partial charge on any atom is 0.173 e. The molecule has 1 saturated heterocycles. The number of hydrogen-bond acceptors (Lipinski definition) is 5. The van der Waals surface area contributed by atoms with Crippen LogP contribution in [0.15, 0.2) is 11.2 Å². The van der Waals surface area contributed by atoms with Crippen LogP contribution in [0.5, 0.6) is 0 Å². The minimum atomic E-state index is 0.140. The van der Waals surface area contributed by atoms with Crippen LogP contribution < -0.4 is 10.6 Å². The molecule has 0 unspecified atom stereocenters. The number of amidine groups is 1. The summed E-state index contributed by atoms with van der Waals surface area (Å²) >= 11 is 0. The molecular formula is C15H22N4O2. The molecule has 0 saturated carbocycles. The quantitative estimate of drug-likeness (QED) is 0.379. The Kier molecular flexibility index (Phi) is 3.96. The van der Waals surface area contributed by atoms with Gasteiger partial charge in [-0.1, -0.05) is 5.16 Å². The Hall–Kier alpha value is -1.82. The van der Waals surface area contributed by atoms with Gasteiger partial charge in [0.2, 0.25) is 0 Å². The second-order valence-electron chi connectivity index (χ2n) is 5.73. The molecule has 0 bridgehead atoms. The molecule has 1 aromatic rings. The number of pyridine rings is 1. The standard InChI is InChI=1S/C15H22N4O2/c1-21-11-5-7-19(8-6-11)15-12(14(16)18-20)9-10-3-2-4-13(10)17-15/h9,11,20H,2-8H2,1H3,(H2,16,18). The Bertz CT molecular complexity index is 551. The monoisotopic (exact) mass is 290 g/mol. The van der Waals surface area contributed by atoms with E-state index in [-0.39, 0.29) is 5.84 Å². The Morgan fingerprint density at radius 1 is 1.43 bits per heavy atom. The molecule has 0 radical (unpaired) electrons. The average molecular weight is 290 g/mol. The highest BCUT2D eigenvalue weighted by molar-refractivity contribution is 6.01. The fourth-order valence-corrected chi connectivity index (χ4v) is 3.25. The molecule has 1 aromatic heterocycles. The van der Waals surface area contributed by atoms with Gasteiger partial charge in [-0.15, -0.1) is 0 Å². The van der Waals surface area contributed by atoms with Gasteiger partial charge in [0.25, 0.3) is 0 Å². The molecule has 114 valence electrons. The van der Waals surface area contributed by atoms with Crippen LogP contribution in [0.25, 0.3) is 0 Å². The van der Waals surface area contributed by atoms with E-state index in [2.05, 4.69) is 10.1 Å². The smallest absolute Gasteiger partial charge is 0.173 e. The molecule has 2 heterocycles. The molecule has 0 atom stereocenters. The maximum absolute atomic E-state index is 9.04. The number of aromatic nitrogens is 1. The summed E-state index contributed by atoms with van der Waals surface area (Å²) in [6.45, 7) is 1.77. The van der Waals surface area contributed by atoms with E-state index in [0.717, 1.165) is 62.3 Å². The summed E-state index contributed by atoms with van der Waals surface area (Å²) in [6, 6.07) is 2.04. The lowest BCUT2D eigenvalue weighted by molar-refractivity contribution is 0.0818. The number of hydrogen-bond donors (Lipinski definition) is 2. The molecule has 1 aliphatic heterocycles. The topological polar surface area (TPSA) is 84.0 Å². The SMILES string of the molecule is COC1CCN(c2nc3c(cc2C(N)=NO)CCC3)CC1. The molecule has 0 amide bonds. The summed E-state index contributed by atoms with van der Waals surface area (Å²) in [5.41, 5.74) is 8.99. The van der Waals surface area contributed by atoms with Gasteiger partial charge in [-0.25, -0.2) is 4.98 Å². The lowest BCUT2D eigenvalue weighted by Crippen LogP contribution is -2.38. The second-order valence-corrected chi connectivity index (χ2v) is 5.73. The lowest BCUT2D eigenvalue weighted by atomic mass is 10.1. The van der Waals surface area contributed by atoms with E-state index in [1.54, 1.807) is 7.11 Å². The first-order valence-corrected chi connectivity index (χ1v) is 7.51. The summed E-state index contributed by atoms with van der Waals surface area (Å²) < 4.78 is 5.41. The first-order chi connectivity index (χ1) is 10.2. The molecule has 3 rings (SSSR count). The molecule has 3 N–H and O–H groups in total. The van der Waals surface area contributed by atoms with Crippen LogP contribution >= 0.6 is 0 Å². The Morgan fingerprint density at radius 2 is 2.19 bits per heavy atom. The van der Waals surface area contributed by atoms with E-state index < -0.39 is 0 Å². The summed E-state index contributed by atoms with van der Waals surface area (Å²) in [6.07, 6.45) is 5.46. The van der Waals surface area contributed by atoms with E-state index in [4.69, 9.17) is 20.7 Å². The lowest BCUT2D eigenvalue weighted by Gasteiger charge is -2.33. The summed E-state index contributed by atoms with van der Waals surface area (Å²) in [4.78, 5) is 7.03. The highest BCUT2D eigenvalue weighted by Gasteiger charge is 2.25. The number of piperidine rings is 1. The average Bonchev–Trinajstić information content (AvgIpc) is 3.00. The first-order valence-electron chi connectivity index (χ1n) is 7.51. The molecular weight excluding hydrogens is 268 g/mol. The number of nitrogens with zero attached hydrogens (tertiary/aromatic N) is 3. The van der Waals surface area contributed by atoms with Crippen molar-refractivity contribution >= 4 is 11.7 Å². The number of aryl methyl sites for hydroxylation is 2. The van der Waals surface area contributed by atoms with Crippen molar-refractivity contribution in [1.29, 1.82) is 0 Å². The molecule has 6 nitrogen and oxygen atoms in total. The van der Waals surface area contributed by atoms with E-state index in [0.29, 0.717) is 6.10 Å². The Morgan fingerprint density at radius 3 is 2.86 bits per heavy atom. The van der Waals surface area contributed by atoms with Gasteiger partial charge < -0.3 is 20.6 Å². The van der Waals surface area contributed by atoms with Gasteiger partial charge in [0.05, 0.1) is 11.7 Å². The zero-order chi connectivity index (χ0) is 14.8. The maximum atomic E-state index is 9.04. The fourth-order valence-electron chi connectivity index (χ4n) is 3.25. The number of oxime groups is 1. The Balaban J connectivity index is 1.93. The van der Waals surface area contributed by atoms with Crippen LogP contribution in [0.1, 0.15) is 36.1 Å². The number of nitrogens with two attached hydrogens (primary N) is 1. The Labute approximate surface area is 124 Å². The van der Waals surface area contributed by atoms with E-state index >= 15 is 0 Å². The highest BCUT2D eigenvalue weighted by atomic mass is 16.5. The first kappa shape index (κ1) is 14.1. The van der Waals surface area contributed by atoms with Crippen molar-refractivity contribution in [3.05, 3.63) is 22.9 Å². The molecule has 1 aliphatic carbocycles. The number of fused-ring (bicyclic) bond motifs is 1. The van der Waals surface area contributed by atoms with Crippen LogP contribution in [-0.4, -0.2) is 42.3 Å². The highest BCUT2D eigenvalue weighted by Crippen LogP contribution is 2.29. The number of anilines is 1. The van der Waals surface area contributed by atoms with E-state index in [1.165, 1.54) is 5.56 Å². The van der Waals surface area contributed by atoms with Crippen molar-refractivity contribution in [2.75, 3.05) is 25.1 Å². The summed E-state index contributed by atoms with van der Waals surface area (Å²) in [5, 5.41) is 12.2. The van der Waals surface area contributed by atoms with Crippen molar-refractivity contribution in [3.8, 4) is 0 Å². The predicted octanol–water partition coefficient (Wildman–Crippen LogP) is 1.28. The van der Waals surface area contributed by atoms with Crippen molar-refractivity contribution in [3.63, 3.8) is 0 Å². The van der Waals surface area contributed by atoms with Gasteiger partial charge in [-0.05, 0) is 43.7 Å². The van der Waals surface area contributed by atoms with E-state index in [1.807, 2.05) is 6.07 Å². The largest absolute Gasteiger partial charge is 0.409 e. The zero-order valence-electron chi connectivity index (χ0n) is 12.4. The number of rotatable bonds is 3. The van der Waals surface area contributed by atoms with Crippen LogP contribution in [0.2, 0.25) is 0 Å². The molecule has 0 spiro atoms. The summed E-state index contributed by atoms with van der Waals surface area (Å²) in [5.74, 6) is 0.988. The van der Waals surface area contributed by atoms with Crippen LogP contribution in [0, 0.1) is 0 Å². The van der Waals surface area contributed by atoms with Gasteiger partial charge >= 0.3 is 0 Å². The van der Waals surface area contributed by atoms with Gasteiger partial charge in [0, 0.05) is 25.9 Å². The van der Waals surface area contributed by atoms with Crippen LogP contribution in [0.3, 0.4) is 0 Å². The van der Waals surface area contributed by atoms with Gasteiger partial charge in [-0.3, -0.25) is 0 Å². The predicted molar refractivity (Wildman–Crippen MR) is 81.0 cm³/mol. The third-order valence-corrected chi connectivity index (χ3v) is 4.49. The normalized spacial score (nSPS) is 19.9. The van der Waals surface area contributed by atoms with Gasteiger partial charge in [0.1, 0.15) is 5.82 Å². The van der Waals surface area contributed by atoms with Crippen LogP contribution in [0.4, 0.5) is 5.82 Å². The molecule has 21 heavy (non-hydrogen) atoms. The van der Waals surface area contributed by atoms with Gasteiger partial charge in [-0.2, -0.15) is 0 Å². The number of ether oxygens (including phenoxy) is 1. The fraction of sp³-hybridized carbons (Fsp3) is 0.600. The third-order valence-electron chi connectivity index (χ3n) is 4.49. The second kappa shape index (κ2) is 5.89.